The van der Waals surface area contributed by atoms with Crippen molar-refractivity contribution >= 4 is 16.3 Å². The van der Waals surface area contributed by atoms with Gasteiger partial charge in [0.2, 0.25) is 0 Å². The second-order valence-electron chi connectivity index (χ2n) is 16.6. The van der Waals surface area contributed by atoms with Gasteiger partial charge in [-0.1, -0.05) is 243 Å². The van der Waals surface area contributed by atoms with Gasteiger partial charge >= 0.3 is 0 Å². The second kappa shape index (κ2) is 17.1. The SMILES string of the molecule is c1ccc(-c2ccc(-c3nc(-c4ccc(-c5ccccc5)cc4)nc(-c4ccc(-c5cccc6c5cc(-c5ccccc5)n5nc(-c7ccccc7)c(-c7ccccc7)c65)cc4)n3)cc2)cc1. The monoisotopic (exact) mass is 855 g/mol. The average Bonchev–Trinajstić information content (AvgIpc) is 3.83. The van der Waals surface area contributed by atoms with Crippen molar-refractivity contribution in [2.75, 3.05) is 0 Å². The van der Waals surface area contributed by atoms with Crippen LogP contribution in [-0.4, -0.2) is 24.6 Å². The molecule has 0 aliphatic carbocycles. The van der Waals surface area contributed by atoms with Gasteiger partial charge in [-0.3, -0.25) is 0 Å². The number of rotatable bonds is 9. The predicted molar refractivity (Wildman–Crippen MR) is 275 cm³/mol. The van der Waals surface area contributed by atoms with E-state index in [9.17, 15) is 0 Å². The highest BCUT2D eigenvalue weighted by atomic mass is 15.2. The van der Waals surface area contributed by atoms with Gasteiger partial charge in [-0.05, 0) is 50.4 Å². The van der Waals surface area contributed by atoms with Crippen LogP contribution in [0, 0.1) is 0 Å². The first-order valence-corrected chi connectivity index (χ1v) is 22.6. The van der Waals surface area contributed by atoms with Crippen LogP contribution in [0.25, 0.3) is 117 Å². The molecule has 0 aliphatic rings. The Hall–Kier alpha value is -9.06. The highest BCUT2D eigenvalue weighted by Gasteiger charge is 2.23. The molecule has 3 aromatic heterocycles. The highest BCUT2D eigenvalue weighted by molar-refractivity contribution is 6.12. The van der Waals surface area contributed by atoms with Crippen LogP contribution in [0.15, 0.2) is 249 Å². The zero-order valence-electron chi connectivity index (χ0n) is 36.4. The molecule has 0 amide bonds. The topological polar surface area (TPSA) is 56.0 Å². The number of hydrogen-bond acceptors (Lipinski definition) is 4. The first kappa shape index (κ1) is 39.5. The number of fused-ring (bicyclic) bond motifs is 3. The van der Waals surface area contributed by atoms with Crippen LogP contribution in [0.2, 0.25) is 0 Å². The van der Waals surface area contributed by atoms with Gasteiger partial charge in [0.25, 0.3) is 0 Å². The second-order valence-corrected chi connectivity index (χ2v) is 16.6. The molecule has 0 spiro atoms. The molecule has 5 nitrogen and oxygen atoms in total. The first-order valence-electron chi connectivity index (χ1n) is 22.6. The van der Waals surface area contributed by atoms with Crippen molar-refractivity contribution in [2.24, 2.45) is 0 Å². The van der Waals surface area contributed by atoms with E-state index in [2.05, 4.69) is 241 Å². The van der Waals surface area contributed by atoms with Gasteiger partial charge in [0.1, 0.15) is 5.69 Å². The molecule has 9 aromatic carbocycles. The van der Waals surface area contributed by atoms with E-state index in [0.29, 0.717) is 17.5 Å². The maximum Gasteiger partial charge on any atom is 0.164 e. The number of benzene rings is 9. The largest absolute Gasteiger partial charge is 0.231 e. The van der Waals surface area contributed by atoms with E-state index >= 15 is 0 Å². The third-order valence-electron chi connectivity index (χ3n) is 12.5. The maximum atomic E-state index is 5.43. The molecular weight excluding hydrogens is 815 g/mol. The summed E-state index contributed by atoms with van der Waals surface area (Å²) in [6.07, 6.45) is 0. The summed E-state index contributed by atoms with van der Waals surface area (Å²) in [4.78, 5) is 15.3. The first-order chi connectivity index (χ1) is 33.2. The Morgan fingerprint density at radius 1 is 0.269 bits per heavy atom. The van der Waals surface area contributed by atoms with Crippen molar-refractivity contribution in [3.05, 3.63) is 249 Å². The van der Waals surface area contributed by atoms with Crippen molar-refractivity contribution in [3.63, 3.8) is 0 Å². The van der Waals surface area contributed by atoms with Crippen LogP contribution in [0.4, 0.5) is 0 Å². The van der Waals surface area contributed by atoms with Gasteiger partial charge in [-0.2, -0.15) is 5.10 Å². The number of pyridine rings is 1. The molecule has 0 unspecified atom stereocenters. The number of nitrogens with zero attached hydrogens (tertiary/aromatic N) is 5. The van der Waals surface area contributed by atoms with Crippen molar-refractivity contribution in [3.8, 4) is 101 Å². The molecule has 3 heterocycles. The van der Waals surface area contributed by atoms with Crippen LogP contribution in [0.3, 0.4) is 0 Å². The quantitative estimate of drug-likeness (QED) is 0.145. The van der Waals surface area contributed by atoms with E-state index in [4.69, 9.17) is 20.1 Å². The molecule has 0 saturated carbocycles. The molecule has 0 radical (unpaired) electrons. The van der Waals surface area contributed by atoms with Crippen molar-refractivity contribution in [1.82, 2.24) is 24.6 Å². The Balaban J connectivity index is 0.993. The summed E-state index contributed by atoms with van der Waals surface area (Å²) in [6, 6.07) is 87.0. The standard InChI is InChI=1S/C62H41N5/c1-6-17-42(18-7-1)44-29-35-50(36-30-44)60-63-61(51-37-31-45(32-38-51)43-19-8-2-9-20-43)65-62(64-60)52-39-33-46(34-40-52)53-27-16-28-54-55(53)41-56(47-21-10-3-11-22-47)67-59(54)57(48-23-12-4-13-24-48)58(66-67)49-25-14-5-15-26-49/h1-41H. The van der Waals surface area contributed by atoms with Crippen LogP contribution >= 0.6 is 0 Å². The number of aromatic nitrogens is 5. The summed E-state index contributed by atoms with van der Waals surface area (Å²) in [7, 11) is 0. The summed E-state index contributed by atoms with van der Waals surface area (Å²) >= 11 is 0. The normalized spacial score (nSPS) is 11.3. The zero-order chi connectivity index (χ0) is 44.5. The molecule has 0 N–H and O–H groups in total. The van der Waals surface area contributed by atoms with Gasteiger partial charge in [0.15, 0.2) is 17.5 Å². The third-order valence-corrected chi connectivity index (χ3v) is 12.5. The van der Waals surface area contributed by atoms with E-state index in [-0.39, 0.29) is 0 Å². The lowest BCUT2D eigenvalue weighted by Crippen LogP contribution is -2.00. The van der Waals surface area contributed by atoms with E-state index in [1.54, 1.807) is 0 Å². The van der Waals surface area contributed by atoms with Gasteiger partial charge < -0.3 is 0 Å². The molecule has 0 saturated heterocycles. The minimum atomic E-state index is 0.608. The minimum absolute atomic E-state index is 0.608. The molecular formula is C62H41N5. The number of hydrogen-bond donors (Lipinski definition) is 0. The molecule has 314 valence electrons. The molecule has 67 heavy (non-hydrogen) atoms. The Kier molecular flexibility index (Phi) is 10.1. The molecule has 5 heteroatoms. The zero-order valence-corrected chi connectivity index (χ0v) is 36.4. The van der Waals surface area contributed by atoms with Gasteiger partial charge in [-0.25, -0.2) is 19.5 Å². The lowest BCUT2D eigenvalue weighted by atomic mass is 9.93. The summed E-state index contributed by atoms with van der Waals surface area (Å²) in [5, 5.41) is 7.69. The summed E-state index contributed by atoms with van der Waals surface area (Å²) in [5.74, 6) is 1.84. The van der Waals surface area contributed by atoms with E-state index < -0.39 is 0 Å². The molecule has 0 atom stereocenters. The Morgan fingerprint density at radius 3 is 1.10 bits per heavy atom. The summed E-state index contributed by atoms with van der Waals surface area (Å²) in [5.41, 5.74) is 17.0. The summed E-state index contributed by atoms with van der Waals surface area (Å²) in [6.45, 7) is 0. The Labute approximate surface area is 389 Å². The van der Waals surface area contributed by atoms with Crippen LogP contribution in [0.5, 0.6) is 0 Å². The van der Waals surface area contributed by atoms with E-state index in [1.807, 2.05) is 12.1 Å². The van der Waals surface area contributed by atoms with E-state index in [1.165, 1.54) is 0 Å². The molecule has 0 fully saturated rings. The third kappa shape index (κ3) is 7.54. The minimum Gasteiger partial charge on any atom is -0.231 e. The molecule has 12 aromatic rings. The predicted octanol–water partition coefficient (Wildman–Crippen LogP) is 15.7. The molecule has 0 bridgehead atoms. The lowest BCUT2D eigenvalue weighted by molar-refractivity contribution is 0.979. The van der Waals surface area contributed by atoms with Gasteiger partial charge in [0, 0.05) is 38.8 Å². The fourth-order valence-corrected chi connectivity index (χ4v) is 9.16. The lowest BCUT2D eigenvalue weighted by Gasteiger charge is -2.14. The average molecular weight is 856 g/mol. The smallest absolute Gasteiger partial charge is 0.164 e. The van der Waals surface area contributed by atoms with Crippen LogP contribution < -0.4 is 0 Å². The van der Waals surface area contributed by atoms with Crippen molar-refractivity contribution in [1.29, 1.82) is 0 Å². The Morgan fingerprint density at radius 2 is 0.642 bits per heavy atom. The van der Waals surface area contributed by atoms with Crippen LogP contribution in [-0.2, 0) is 0 Å². The van der Waals surface area contributed by atoms with Gasteiger partial charge in [-0.15, -0.1) is 0 Å². The fourth-order valence-electron chi connectivity index (χ4n) is 9.16. The molecule has 12 rings (SSSR count). The van der Waals surface area contributed by atoms with Crippen molar-refractivity contribution < 1.29 is 0 Å². The highest BCUT2D eigenvalue weighted by Crippen LogP contribution is 2.43. The molecule has 0 aliphatic heterocycles. The summed E-state index contributed by atoms with van der Waals surface area (Å²) < 4.78 is 2.15. The van der Waals surface area contributed by atoms with Crippen molar-refractivity contribution in [2.45, 2.75) is 0 Å². The maximum absolute atomic E-state index is 5.43. The van der Waals surface area contributed by atoms with Crippen LogP contribution in [0.1, 0.15) is 0 Å². The van der Waals surface area contributed by atoms with Gasteiger partial charge in [0.05, 0.1) is 11.2 Å². The Bertz CT molecular complexity index is 3570. The van der Waals surface area contributed by atoms with E-state index in [0.717, 1.165) is 100 Å². The fraction of sp³-hybridized carbons (Fsp3) is 0.